The highest BCUT2D eigenvalue weighted by atomic mass is 14.4. The van der Waals surface area contributed by atoms with Crippen LogP contribution in [0.5, 0.6) is 0 Å². The molecule has 3 atom stereocenters. The van der Waals surface area contributed by atoms with Crippen molar-refractivity contribution in [3.05, 3.63) is 0 Å². The molecule has 2 rings (SSSR count). The highest BCUT2D eigenvalue weighted by Crippen LogP contribution is 2.49. The van der Waals surface area contributed by atoms with Gasteiger partial charge in [-0.15, -0.1) is 0 Å². The second kappa shape index (κ2) is 5.92. The molecule has 0 nitrogen and oxygen atoms in total. The molecule has 3 unspecified atom stereocenters. The normalized spacial score (nSPS) is 33.8. The van der Waals surface area contributed by atoms with Crippen molar-refractivity contribution in [1.82, 2.24) is 0 Å². The highest BCUT2D eigenvalue weighted by Gasteiger charge is 2.38. The van der Waals surface area contributed by atoms with Gasteiger partial charge in [0.25, 0.3) is 0 Å². The summed E-state index contributed by atoms with van der Waals surface area (Å²) in [7, 11) is 0. The Bertz CT molecular complexity index is 173. The first-order valence-corrected chi connectivity index (χ1v) is 7.40. The van der Waals surface area contributed by atoms with E-state index in [0.29, 0.717) is 0 Å². The van der Waals surface area contributed by atoms with E-state index in [0.717, 1.165) is 17.8 Å². The molecule has 2 aliphatic carbocycles. The van der Waals surface area contributed by atoms with E-state index < -0.39 is 0 Å². The van der Waals surface area contributed by atoms with Gasteiger partial charge in [0.05, 0.1) is 0 Å². The molecule has 2 aliphatic rings. The zero-order valence-electron chi connectivity index (χ0n) is 10.5. The average molecular weight is 208 g/mol. The molecule has 0 amide bonds. The fourth-order valence-corrected chi connectivity index (χ4v) is 3.92. The number of unbranched alkanes of at least 4 members (excludes halogenated alkanes) is 5. The molecule has 0 saturated heterocycles. The zero-order valence-corrected chi connectivity index (χ0v) is 10.5. The Kier molecular flexibility index (Phi) is 4.53. The van der Waals surface area contributed by atoms with Crippen molar-refractivity contribution >= 4 is 0 Å². The van der Waals surface area contributed by atoms with E-state index in [1.54, 1.807) is 32.1 Å². The van der Waals surface area contributed by atoms with Crippen LogP contribution >= 0.6 is 0 Å². The Labute approximate surface area is 95.8 Å². The lowest BCUT2D eigenvalue weighted by Gasteiger charge is -2.21. The third-order valence-electron chi connectivity index (χ3n) is 4.81. The molecular formula is C15H28. The number of hydrogen-bond acceptors (Lipinski definition) is 0. The van der Waals surface area contributed by atoms with Crippen LogP contribution in [0.3, 0.4) is 0 Å². The number of fused-ring (bicyclic) bond motifs is 2. The minimum absolute atomic E-state index is 1.15. The lowest BCUT2D eigenvalue weighted by atomic mass is 9.85. The average Bonchev–Trinajstić information content (AvgIpc) is 2.85. The summed E-state index contributed by atoms with van der Waals surface area (Å²) in [4.78, 5) is 0. The second-order valence-corrected chi connectivity index (χ2v) is 5.99. The summed E-state index contributed by atoms with van der Waals surface area (Å²) < 4.78 is 0. The van der Waals surface area contributed by atoms with Gasteiger partial charge in [0, 0.05) is 0 Å². The zero-order chi connectivity index (χ0) is 10.5. The summed E-state index contributed by atoms with van der Waals surface area (Å²) in [5, 5.41) is 0. The second-order valence-electron chi connectivity index (χ2n) is 5.99. The van der Waals surface area contributed by atoms with Gasteiger partial charge < -0.3 is 0 Å². The predicted molar refractivity (Wildman–Crippen MR) is 66.9 cm³/mol. The highest BCUT2D eigenvalue weighted by molar-refractivity contribution is 4.89. The maximum Gasteiger partial charge on any atom is -0.0383 e. The van der Waals surface area contributed by atoms with Crippen LogP contribution < -0.4 is 0 Å². The lowest BCUT2D eigenvalue weighted by Crippen LogP contribution is -2.09. The minimum Gasteiger partial charge on any atom is -0.0654 e. The molecule has 0 aromatic rings. The molecule has 0 aliphatic heterocycles. The number of rotatable bonds is 7. The van der Waals surface area contributed by atoms with Gasteiger partial charge in [-0.25, -0.2) is 0 Å². The van der Waals surface area contributed by atoms with Gasteiger partial charge in [0.1, 0.15) is 0 Å². The summed E-state index contributed by atoms with van der Waals surface area (Å²) in [6.45, 7) is 2.30. The molecule has 15 heavy (non-hydrogen) atoms. The molecule has 0 N–H and O–H groups in total. The third kappa shape index (κ3) is 3.23. The van der Waals surface area contributed by atoms with E-state index in [1.165, 1.54) is 38.5 Å². The summed E-state index contributed by atoms with van der Waals surface area (Å²) in [5.74, 6) is 3.46. The molecule has 2 bridgehead atoms. The summed E-state index contributed by atoms with van der Waals surface area (Å²) in [5.41, 5.74) is 0. The number of hydrogen-bond donors (Lipinski definition) is 0. The van der Waals surface area contributed by atoms with Crippen LogP contribution in [0.4, 0.5) is 0 Å². The molecular weight excluding hydrogens is 180 g/mol. The molecule has 0 heterocycles. The van der Waals surface area contributed by atoms with Crippen molar-refractivity contribution in [1.29, 1.82) is 0 Å². The van der Waals surface area contributed by atoms with Gasteiger partial charge in [-0.05, 0) is 37.0 Å². The standard InChI is InChI=1S/C15H28/c1-2-3-4-5-6-7-8-14-11-13-9-10-15(14)12-13/h13-15H,2-12H2,1H3. The molecule has 0 aromatic carbocycles. The van der Waals surface area contributed by atoms with E-state index in [4.69, 9.17) is 0 Å². The van der Waals surface area contributed by atoms with E-state index in [9.17, 15) is 0 Å². The Morgan fingerprint density at radius 2 is 1.67 bits per heavy atom. The predicted octanol–water partition coefficient (Wildman–Crippen LogP) is 5.17. The van der Waals surface area contributed by atoms with Crippen molar-refractivity contribution < 1.29 is 0 Å². The van der Waals surface area contributed by atoms with Crippen LogP contribution in [0.25, 0.3) is 0 Å². The minimum atomic E-state index is 1.15. The van der Waals surface area contributed by atoms with Crippen LogP contribution in [0.2, 0.25) is 0 Å². The van der Waals surface area contributed by atoms with Crippen molar-refractivity contribution in [3.8, 4) is 0 Å². The van der Waals surface area contributed by atoms with Crippen molar-refractivity contribution in [2.75, 3.05) is 0 Å². The lowest BCUT2D eigenvalue weighted by molar-refractivity contribution is 0.304. The van der Waals surface area contributed by atoms with Crippen molar-refractivity contribution in [2.24, 2.45) is 17.8 Å². The van der Waals surface area contributed by atoms with Gasteiger partial charge >= 0.3 is 0 Å². The monoisotopic (exact) mass is 208 g/mol. The summed E-state index contributed by atoms with van der Waals surface area (Å²) in [6.07, 6.45) is 16.7. The maximum absolute atomic E-state index is 2.30. The van der Waals surface area contributed by atoms with Gasteiger partial charge in [0.2, 0.25) is 0 Å². The van der Waals surface area contributed by atoms with Crippen molar-refractivity contribution in [3.63, 3.8) is 0 Å². The first-order chi connectivity index (χ1) is 7.40. The molecule has 2 fully saturated rings. The third-order valence-corrected chi connectivity index (χ3v) is 4.81. The van der Waals surface area contributed by atoms with Crippen LogP contribution in [0, 0.1) is 17.8 Å². The van der Waals surface area contributed by atoms with Crippen LogP contribution in [0.1, 0.15) is 77.6 Å². The largest absolute Gasteiger partial charge is 0.0654 e. The Hall–Kier alpha value is 0. The van der Waals surface area contributed by atoms with Gasteiger partial charge in [-0.1, -0.05) is 58.3 Å². The van der Waals surface area contributed by atoms with Crippen LogP contribution in [0.15, 0.2) is 0 Å². The Balaban J connectivity index is 1.48. The maximum atomic E-state index is 2.30. The van der Waals surface area contributed by atoms with E-state index in [2.05, 4.69) is 6.92 Å². The molecule has 0 radical (unpaired) electrons. The molecule has 88 valence electrons. The molecule has 0 aromatic heterocycles. The van der Waals surface area contributed by atoms with Gasteiger partial charge in [-0.2, -0.15) is 0 Å². The molecule has 0 heteroatoms. The van der Waals surface area contributed by atoms with Crippen LogP contribution in [-0.4, -0.2) is 0 Å². The van der Waals surface area contributed by atoms with E-state index in [-0.39, 0.29) is 0 Å². The van der Waals surface area contributed by atoms with Crippen LogP contribution in [-0.2, 0) is 0 Å². The SMILES string of the molecule is CCCCCCCCC1CC2CCC1C2. The fourth-order valence-electron chi connectivity index (χ4n) is 3.92. The Morgan fingerprint density at radius 3 is 2.33 bits per heavy atom. The van der Waals surface area contributed by atoms with Crippen molar-refractivity contribution in [2.45, 2.75) is 77.6 Å². The first kappa shape index (κ1) is 11.5. The molecule has 0 spiro atoms. The topological polar surface area (TPSA) is 0 Å². The van der Waals surface area contributed by atoms with E-state index >= 15 is 0 Å². The van der Waals surface area contributed by atoms with E-state index in [1.807, 2.05) is 0 Å². The molecule has 2 saturated carbocycles. The smallest absolute Gasteiger partial charge is 0.0383 e. The summed E-state index contributed by atoms with van der Waals surface area (Å²) >= 11 is 0. The van der Waals surface area contributed by atoms with Gasteiger partial charge in [-0.3, -0.25) is 0 Å². The fraction of sp³-hybridized carbons (Fsp3) is 1.00. The summed E-state index contributed by atoms with van der Waals surface area (Å²) in [6, 6.07) is 0. The first-order valence-electron chi connectivity index (χ1n) is 7.40. The van der Waals surface area contributed by atoms with Gasteiger partial charge in [0.15, 0.2) is 0 Å². The quantitative estimate of drug-likeness (QED) is 0.506. The Morgan fingerprint density at radius 1 is 0.867 bits per heavy atom.